The minimum absolute atomic E-state index is 0.00649. The highest BCUT2D eigenvalue weighted by molar-refractivity contribution is 5.69. The van der Waals surface area contributed by atoms with Crippen LogP contribution in [0.3, 0.4) is 0 Å². The Morgan fingerprint density at radius 1 is 1.18 bits per heavy atom. The summed E-state index contributed by atoms with van der Waals surface area (Å²) in [6.07, 6.45) is 9.46. The van der Waals surface area contributed by atoms with Gasteiger partial charge >= 0.3 is 0 Å². The molecule has 5 rings (SSSR count). The van der Waals surface area contributed by atoms with E-state index in [4.69, 9.17) is 15.5 Å². The lowest BCUT2D eigenvalue weighted by Crippen LogP contribution is -2.19. The van der Waals surface area contributed by atoms with Gasteiger partial charge in [0.15, 0.2) is 5.82 Å². The number of ether oxygens (including phenoxy) is 1. The normalized spacial score (nSPS) is 15.7. The van der Waals surface area contributed by atoms with Crippen LogP contribution in [0, 0.1) is 12.7 Å². The van der Waals surface area contributed by atoms with Crippen LogP contribution in [0.25, 0.3) is 17.8 Å². The van der Waals surface area contributed by atoms with Crippen LogP contribution in [0.4, 0.5) is 10.1 Å². The van der Waals surface area contributed by atoms with E-state index < -0.39 is 0 Å². The Morgan fingerprint density at radius 3 is 2.82 bits per heavy atom. The molecule has 33 heavy (non-hydrogen) atoms. The number of nitrogens with zero attached hydrogens (tertiary/aromatic N) is 5. The first-order valence-corrected chi connectivity index (χ1v) is 10.9. The summed E-state index contributed by atoms with van der Waals surface area (Å²) < 4.78 is 23.0. The lowest BCUT2D eigenvalue weighted by atomic mass is 9.90. The van der Waals surface area contributed by atoms with Crippen molar-refractivity contribution in [1.82, 2.24) is 24.3 Å². The first-order chi connectivity index (χ1) is 16.0. The number of aromatic nitrogens is 5. The van der Waals surface area contributed by atoms with Crippen molar-refractivity contribution < 1.29 is 9.13 Å². The summed E-state index contributed by atoms with van der Waals surface area (Å²) in [6, 6.07) is 10.6. The van der Waals surface area contributed by atoms with Crippen molar-refractivity contribution in [1.29, 1.82) is 0 Å². The maximum Gasteiger partial charge on any atom is 0.174 e. The number of benzene rings is 2. The van der Waals surface area contributed by atoms with E-state index in [0.29, 0.717) is 11.5 Å². The zero-order chi connectivity index (χ0) is 22.9. The number of fused-ring (bicyclic) bond motifs is 1. The van der Waals surface area contributed by atoms with Crippen LogP contribution < -0.4 is 10.5 Å². The van der Waals surface area contributed by atoms with Crippen LogP contribution in [0.15, 0.2) is 48.9 Å². The van der Waals surface area contributed by atoms with Crippen LogP contribution in [0.1, 0.15) is 47.2 Å². The van der Waals surface area contributed by atoms with Crippen LogP contribution in [0.2, 0.25) is 0 Å². The summed E-state index contributed by atoms with van der Waals surface area (Å²) in [4.78, 5) is 9.05. The molecule has 2 aromatic carbocycles. The van der Waals surface area contributed by atoms with Gasteiger partial charge in [-0.25, -0.2) is 19.0 Å². The summed E-state index contributed by atoms with van der Waals surface area (Å²) in [7, 11) is 1.66. The lowest BCUT2D eigenvalue weighted by molar-refractivity contribution is 0.413. The van der Waals surface area contributed by atoms with Crippen molar-refractivity contribution in [3.63, 3.8) is 0 Å². The van der Waals surface area contributed by atoms with E-state index >= 15 is 0 Å². The second kappa shape index (κ2) is 8.54. The summed E-state index contributed by atoms with van der Waals surface area (Å²) >= 11 is 0. The van der Waals surface area contributed by atoms with E-state index in [1.165, 1.54) is 12.1 Å². The number of imidazole rings is 1. The first kappa shape index (κ1) is 20.9. The average Bonchev–Trinajstić information content (AvgIpc) is 3.43. The van der Waals surface area contributed by atoms with Crippen molar-refractivity contribution in [2.75, 3.05) is 12.8 Å². The number of methoxy groups -OCH3 is 1. The SMILES string of the molecule is COc1cc(/C=C/c2nc3n(n2)CCC[C@H]3c2ccc(F)cc2N)ccc1-n1cnc(C)c1. The molecule has 0 unspecified atom stereocenters. The quantitative estimate of drug-likeness (QED) is 0.455. The van der Waals surface area contributed by atoms with E-state index in [2.05, 4.69) is 10.1 Å². The molecule has 2 N–H and O–H groups in total. The Morgan fingerprint density at radius 2 is 2.06 bits per heavy atom. The summed E-state index contributed by atoms with van der Waals surface area (Å²) in [6.45, 7) is 2.76. The summed E-state index contributed by atoms with van der Waals surface area (Å²) in [5.41, 5.74) is 10.3. The van der Waals surface area contributed by atoms with E-state index in [1.807, 2.05) is 52.7 Å². The number of nitrogen functional groups attached to an aromatic ring is 1. The molecule has 0 spiro atoms. The highest BCUT2D eigenvalue weighted by Gasteiger charge is 2.27. The third-order valence-corrected chi connectivity index (χ3v) is 5.93. The van der Waals surface area contributed by atoms with Gasteiger partial charge < -0.3 is 15.0 Å². The van der Waals surface area contributed by atoms with Crippen LogP contribution in [0.5, 0.6) is 5.75 Å². The summed E-state index contributed by atoms with van der Waals surface area (Å²) in [5.74, 6) is 1.92. The highest BCUT2D eigenvalue weighted by atomic mass is 19.1. The Kier molecular flexibility index (Phi) is 5.42. The van der Waals surface area contributed by atoms with Gasteiger partial charge in [0.1, 0.15) is 17.4 Å². The Hall–Kier alpha value is -3.94. The number of nitrogens with two attached hydrogens (primary N) is 1. The molecule has 0 saturated heterocycles. The van der Waals surface area contributed by atoms with Gasteiger partial charge in [0, 0.05) is 24.3 Å². The molecule has 0 saturated carbocycles. The zero-order valence-corrected chi connectivity index (χ0v) is 18.6. The average molecular weight is 445 g/mol. The number of rotatable bonds is 5. The van der Waals surface area contributed by atoms with Crippen molar-refractivity contribution >= 4 is 17.8 Å². The number of hydrogen-bond donors (Lipinski definition) is 1. The van der Waals surface area contributed by atoms with Crippen LogP contribution in [-0.2, 0) is 6.54 Å². The Bertz CT molecular complexity index is 1340. The van der Waals surface area contributed by atoms with Crippen molar-refractivity contribution in [2.24, 2.45) is 0 Å². The van der Waals surface area contributed by atoms with E-state index in [0.717, 1.165) is 53.5 Å². The third-order valence-electron chi connectivity index (χ3n) is 5.93. The third kappa shape index (κ3) is 4.11. The molecule has 0 fully saturated rings. The predicted molar refractivity (Wildman–Crippen MR) is 126 cm³/mol. The first-order valence-electron chi connectivity index (χ1n) is 10.9. The molecule has 7 nitrogen and oxygen atoms in total. The minimum Gasteiger partial charge on any atom is -0.495 e. The second-order valence-corrected chi connectivity index (χ2v) is 8.21. The molecular weight excluding hydrogens is 419 g/mol. The number of hydrogen-bond acceptors (Lipinski definition) is 5. The van der Waals surface area contributed by atoms with Gasteiger partial charge in [0.25, 0.3) is 0 Å². The second-order valence-electron chi connectivity index (χ2n) is 8.21. The molecule has 1 aliphatic rings. The topological polar surface area (TPSA) is 83.8 Å². The molecule has 1 aliphatic heterocycles. The highest BCUT2D eigenvalue weighted by Crippen LogP contribution is 2.35. The van der Waals surface area contributed by atoms with Crippen molar-refractivity contribution in [3.8, 4) is 11.4 Å². The van der Waals surface area contributed by atoms with Crippen LogP contribution >= 0.6 is 0 Å². The van der Waals surface area contributed by atoms with Gasteiger partial charge in [0.2, 0.25) is 0 Å². The fourth-order valence-corrected chi connectivity index (χ4v) is 4.33. The smallest absolute Gasteiger partial charge is 0.174 e. The molecule has 0 bridgehead atoms. The molecule has 3 heterocycles. The number of halogens is 1. The molecule has 4 aromatic rings. The largest absolute Gasteiger partial charge is 0.495 e. The minimum atomic E-state index is -0.332. The van der Waals surface area contributed by atoms with Gasteiger partial charge in [-0.3, -0.25) is 0 Å². The molecule has 168 valence electrons. The molecule has 8 heteroatoms. The molecule has 0 aliphatic carbocycles. The summed E-state index contributed by atoms with van der Waals surface area (Å²) in [5, 5.41) is 4.66. The fourth-order valence-electron chi connectivity index (χ4n) is 4.33. The molecular formula is C25H25FN6O. The number of aryl methyl sites for hydroxylation is 2. The van der Waals surface area contributed by atoms with Gasteiger partial charge in [0.05, 0.1) is 24.8 Å². The lowest BCUT2D eigenvalue weighted by Gasteiger charge is -2.23. The van der Waals surface area contributed by atoms with Crippen molar-refractivity contribution in [3.05, 3.63) is 83.2 Å². The van der Waals surface area contributed by atoms with Gasteiger partial charge in [-0.15, -0.1) is 0 Å². The maximum absolute atomic E-state index is 13.5. The predicted octanol–water partition coefficient (Wildman–Crippen LogP) is 4.60. The van der Waals surface area contributed by atoms with E-state index in [9.17, 15) is 4.39 Å². The van der Waals surface area contributed by atoms with Crippen molar-refractivity contribution in [2.45, 2.75) is 32.2 Å². The van der Waals surface area contributed by atoms with Crippen LogP contribution in [-0.4, -0.2) is 31.4 Å². The molecule has 0 radical (unpaired) electrons. The fraction of sp³-hybridized carbons (Fsp3) is 0.240. The van der Waals surface area contributed by atoms with E-state index in [-0.39, 0.29) is 11.7 Å². The zero-order valence-electron chi connectivity index (χ0n) is 18.6. The standard InChI is InChI=1S/C25H25FN6O/c1-16-14-31(15-28-16)22-9-5-17(12-23(22)33-2)6-10-24-29-25-20(4-3-11-32(25)30-24)19-8-7-18(26)13-21(19)27/h5-10,12-15,20H,3-4,11,27H2,1-2H3/b10-6+/t20-/m0/s1. The van der Waals surface area contributed by atoms with Gasteiger partial charge in [-0.2, -0.15) is 5.10 Å². The molecule has 0 amide bonds. The van der Waals surface area contributed by atoms with E-state index in [1.54, 1.807) is 19.5 Å². The number of anilines is 1. The van der Waals surface area contributed by atoms with Gasteiger partial charge in [-0.1, -0.05) is 18.2 Å². The molecule has 1 atom stereocenters. The Labute approximate surface area is 191 Å². The Balaban J connectivity index is 1.42. The molecule has 2 aromatic heterocycles. The van der Waals surface area contributed by atoms with Gasteiger partial charge in [-0.05, 0) is 61.2 Å². The maximum atomic E-state index is 13.5. The monoisotopic (exact) mass is 444 g/mol.